The number of likely N-dealkylation sites (N-methyl/N-ethyl adjacent to an activating group) is 1. The van der Waals surface area contributed by atoms with Crippen molar-refractivity contribution in [1.29, 1.82) is 0 Å². The summed E-state index contributed by atoms with van der Waals surface area (Å²) in [6.07, 6.45) is 5.99. The number of rotatable bonds is 3. The molecule has 0 aromatic heterocycles. The minimum atomic E-state index is -0.279. The van der Waals surface area contributed by atoms with E-state index in [1.807, 2.05) is 20.9 Å². The number of hydrogen-bond donors (Lipinski definition) is 2. The molecule has 0 spiro atoms. The van der Waals surface area contributed by atoms with Crippen LogP contribution in [0.25, 0.3) is 0 Å². The molecule has 2 amide bonds. The number of carbonyl (C=O) groups is 1. The van der Waals surface area contributed by atoms with Gasteiger partial charge in [-0.1, -0.05) is 19.3 Å². The first kappa shape index (κ1) is 13.3. The lowest BCUT2D eigenvalue weighted by Crippen LogP contribution is -2.55. The van der Waals surface area contributed by atoms with Crippen LogP contribution in [0.15, 0.2) is 0 Å². The SMILES string of the molecule is CN(C(=O)NC1CCCCC1)C(C)(C)CN. The minimum Gasteiger partial charge on any atom is -0.335 e. The van der Waals surface area contributed by atoms with Gasteiger partial charge in [-0.2, -0.15) is 0 Å². The number of amides is 2. The zero-order chi connectivity index (χ0) is 12.2. The normalized spacial score (nSPS) is 18.2. The summed E-state index contributed by atoms with van der Waals surface area (Å²) in [6.45, 7) is 4.43. The highest BCUT2D eigenvalue weighted by Gasteiger charge is 2.27. The average molecular weight is 227 g/mol. The zero-order valence-corrected chi connectivity index (χ0v) is 10.8. The third-order valence-corrected chi connectivity index (χ3v) is 3.64. The van der Waals surface area contributed by atoms with Gasteiger partial charge in [0.25, 0.3) is 0 Å². The fraction of sp³-hybridized carbons (Fsp3) is 0.917. The Labute approximate surface area is 98.6 Å². The molecule has 3 N–H and O–H groups in total. The molecular formula is C12H25N3O. The molecule has 94 valence electrons. The number of nitrogens with one attached hydrogen (secondary N) is 1. The summed E-state index contributed by atoms with van der Waals surface area (Å²) in [6, 6.07) is 0.361. The van der Waals surface area contributed by atoms with Crippen LogP contribution in [0.3, 0.4) is 0 Å². The monoisotopic (exact) mass is 227 g/mol. The van der Waals surface area contributed by atoms with Crippen LogP contribution in [0.5, 0.6) is 0 Å². The minimum absolute atomic E-state index is 0.00218. The first-order chi connectivity index (χ1) is 7.47. The predicted molar refractivity (Wildman–Crippen MR) is 66.3 cm³/mol. The summed E-state index contributed by atoms with van der Waals surface area (Å²) in [7, 11) is 1.81. The van der Waals surface area contributed by atoms with E-state index < -0.39 is 0 Å². The summed E-state index contributed by atoms with van der Waals surface area (Å²) >= 11 is 0. The lowest BCUT2D eigenvalue weighted by molar-refractivity contribution is 0.154. The van der Waals surface area contributed by atoms with Gasteiger partial charge >= 0.3 is 6.03 Å². The molecule has 0 aromatic rings. The van der Waals surface area contributed by atoms with E-state index in [2.05, 4.69) is 5.32 Å². The highest BCUT2D eigenvalue weighted by molar-refractivity contribution is 5.75. The molecule has 1 rings (SSSR count). The Balaban J connectivity index is 2.44. The average Bonchev–Trinajstić information content (AvgIpc) is 2.29. The summed E-state index contributed by atoms with van der Waals surface area (Å²) in [5, 5.41) is 3.09. The van der Waals surface area contributed by atoms with Gasteiger partial charge in [0.15, 0.2) is 0 Å². The number of carbonyl (C=O) groups excluding carboxylic acids is 1. The van der Waals surface area contributed by atoms with Crippen LogP contribution in [-0.2, 0) is 0 Å². The van der Waals surface area contributed by atoms with Gasteiger partial charge in [0.2, 0.25) is 0 Å². The van der Waals surface area contributed by atoms with E-state index >= 15 is 0 Å². The highest BCUT2D eigenvalue weighted by atomic mass is 16.2. The second-order valence-corrected chi connectivity index (χ2v) is 5.36. The van der Waals surface area contributed by atoms with Gasteiger partial charge in [-0.25, -0.2) is 4.79 Å². The summed E-state index contributed by atoms with van der Waals surface area (Å²) in [5.41, 5.74) is 5.38. The molecule has 1 fully saturated rings. The van der Waals surface area contributed by atoms with Crippen LogP contribution >= 0.6 is 0 Å². The van der Waals surface area contributed by atoms with E-state index in [1.54, 1.807) is 4.90 Å². The Morgan fingerprint density at radius 3 is 2.44 bits per heavy atom. The number of nitrogens with zero attached hydrogens (tertiary/aromatic N) is 1. The quantitative estimate of drug-likeness (QED) is 0.771. The first-order valence-electron chi connectivity index (χ1n) is 6.22. The number of nitrogens with two attached hydrogens (primary N) is 1. The molecule has 0 heterocycles. The third kappa shape index (κ3) is 3.37. The molecule has 0 aliphatic heterocycles. The van der Waals surface area contributed by atoms with Crippen molar-refractivity contribution < 1.29 is 4.79 Å². The van der Waals surface area contributed by atoms with Crippen LogP contribution in [0, 0.1) is 0 Å². The van der Waals surface area contributed by atoms with Gasteiger partial charge in [-0.3, -0.25) is 0 Å². The van der Waals surface area contributed by atoms with E-state index in [1.165, 1.54) is 19.3 Å². The molecule has 1 aliphatic carbocycles. The Bertz CT molecular complexity index is 234. The standard InChI is InChI=1S/C12H25N3O/c1-12(2,9-13)15(3)11(16)14-10-7-5-4-6-8-10/h10H,4-9,13H2,1-3H3,(H,14,16). The van der Waals surface area contributed by atoms with Crippen LogP contribution in [0.2, 0.25) is 0 Å². The van der Waals surface area contributed by atoms with Gasteiger partial charge in [-0.05, 0) is 26.7 Å². The van der Waals surface area contributed by atoms with E-state index in [-0.39, 0.29) is 11.6 Å². The summed E-state index contributed by atoms with van der Waals surface area (Å²) in [5.74, 6) is 0. The Morgan fingerprint density at radius 1 is 1.38 bits per heavy atom. The lowest BCUT2D eigenvalue weighted by atomic mass is 9.95. The van der Waals surface area contributed by atoms with Gasteiger partial charge in [0.1, 0.15) is 0 Å². The van der Waals surface area contributed by atoms with E-state index in [0.29, 0.717) is 12.6 Å². The van der Waals surface area contributed by atoms with Crippen molar-refractivity contribution in [2.45, 2.75) is 57.5 Å². The Hall–Kier alpha value is -0.770. The molecule has 4 heteroatoms. The van der Waals surface area contributed by atoms with Crippen molar-refractivity contribution in [3.8, 4) is 0 Å². The largest absolute Gasteiger partial charge is 0.335 e. The number of hydrogen-bond acceptors (Lipinski definition) is 2. The molecule has 4 nitrogen and oxygen atoms in total. The molecule has 1 aliphatic rings. The maximum Gasteiger partial charge on any atom is 0.317 e. The molecule has 1 saturated carbocycles. The molecule has 16 heavy (non-hydrogen) atoms. The first-order valence-corrected chi connectivity index (χ1v) is 6.22. The molecule has 0 atom stereocenters. The molecule has 0 saturated heterocycles. The van der Waals surface area contributed by atoms with Crippen LogP contribution < -0.4 is 11.1 Å². The third-order valence-electron chi connectivity index (χ3n) is 3.64. The number of urea groups is 1. The van der Waals surface area contributed by atoms with Gasteiger partial charge < -0.3 is 16.0 Å². The summed E-state index contributed by atoms with van der Waals surface area (Å²) in [4.78, 5) is 13.7. The second kappa shape index (κ2) is 5.53. The molecule has 0 unspecified atom stereocenters. The van der Waals surface area contributed by atoms with Crippen molar-refractivity contribution in [3.05, 3.63) is 0 Å². The maximum absolute atomic E-state index is 12.0. The highest BCUT2D eigenvalue weighted by Crippen LogP contribution is 2.18. The Kier molecular flexibility index (Phi) is 4.59. The molecule has 0 aromatic carbocycles. The molecular weight excluding hydrogens is 202 g/mol. The van der Waals surface area contributed by atoms with Crippen molar-refractivity contribution in [1.82, 2.24) is 10.2 Å². The van der Waals surface area contributed by atoms with Crippen molar-refractivity contribution >= 4 is 6.03 Å². The molecule has 0 bridgehead atoms. The van der Waals surface area contributed by atoms with Crippen LogP contribution in [-0.4, -0.2) is 36.1 Å². The van der Waals surface area contributed by atoms with E-state index in [4.69, 9.17) is 5.73 Å². The lowest BCUT2D eigenvalue weighted by Gasteiger charge is -2.36. The topological polar surface area (TPSA) is 58.4 Å². The smallest absolute Gasteiger partial charge is 0.317 e. The predicted octanol–water partition coefficient (Wildman–Crippen LogP) is 1.70. The fourth-order valence-corrected chi connectivity index (χ4v) is 1.93. The van der Waals surface area contributed by atoms with Gasteiger partial charge in [-0.15, -0.1) is 0 Å². The van der Waals surface area contributed by atoms with E-state index in [0.717, 1.165) is 12.8 Å². The fourth-order valence-electron chi connectivity index (χ4n) is 1.93. The van der Waals surface area contributed by atoms with Gasteiger partial charge in [0.05, 0.1) is 5.54 Å². The van der Waals surface area contributed by atoms with Crippen LogP contribution in [0.1, 0.15) is 46.0 Å². The van der Waals surface area contributed by atoms with Crippen molar-refractivity contribution in [3.63, 3.8) is 0 Å². The zero-order valence-electron chi connectivity index (χ0n) is 10.8. The van der Waals surface area contributed by atoms with E-state index in [9.17, 15) is 4.79 Å². The molecule has 0 radical (unpaired) electrons. The van der Waals surface area contributed by atoms with Crippen LogP contribution in [0.4, 0.5) is 4.79 Å². The van der Waals surface area contributed by atoms with Crippen molar-refractivity contribution in [2.75, 3.05) is 13.6 Å². The summed E-state index contributed by atoms with van der Waals surface area (Å²) < 4.78 is 0. The second-order valence-electron chi connectivity index (χ2n) is 5.36. The van der Waals surface area contributed by atoms with Crippen molar-refractivity contribution in [2.24, 2.45) is 5.73 Å². The maximum atomic E-state index is 12.0. The van der Waals surface area contributed by atoms with Gasteiger partial charge in [0, 0.05) is 19.6 Å². The Morgan fingerprint density at radius 2 is 1.94 bits per heavy atom.